The topological polar surface area (TPSA) is 16.1 Å². The highest BCUT2D eigenvalue weighted by atomic mass is 15.1. The van der Waals surface area contributed by atoms with Crippen LogP contribution in [0.1, 0.15) is 43.2 Å². The van der Waals surface area contributed by atoms with Crippen LogP contribution in [0.2, 0.25) is 0 Å². The quantitative estimate of drug-likeness (QED) is 0.507. The Labute approximate surface area is 170 Å². The third kappa shape index (κ3) is 6.31. The van der Waals surface area contributed by atoms with E-state index in [0.717, 1.165) is 38.2 Å². The summed E-state index contributed by atoms with van der Waals surface area (Å²) in [5.41, 5.74) is 5.52. The monoisotopic (exact) mass is 372 g/mol. The lowest BCUT2D eigenvalue weighted by Gasteiger charge is -2.24. The highest BCUT2D eigenvalue weighted by Gasteiger charge is 2.13. The van der Waals surface area contributed by atoms with Crippen molar-refractivity contribution in [2.75, 3.05) is 13.1 Å². The molecule has 0 N–H and O–H groups in total. The number of aromatic nitrogens is 1. The van der Waals surface area contributed by atoms with Crippen molar-refractivity contribution in [3.63, 3.8) is 0 Å². The molecule has 3 aromatic rings. The summed E-state index contributed by atoms with van der Waals surface area (Å²) < 4.78 is 0. The van der Waals surface area contributed by atoms with E-state index in [1.165, 1.54) is 16.7 Å². The summed E-state index contributed by atoms with van der Waals surface area (Å²) in [5, 5.41) is 0. The maximum Gasteiger partial charge on any atom is 0.0416 e. The summed E-state index contributed by atoms with van der Waals surface area (Å²) in [7, 11) is 0. The summed E-state index contributed by atoms with van der Waals surface area (Å²) in [6, 6.07) is 26.1. The van der Waals surface area contributed by atoms with Crippen molar-refractivity contribution in [2.45, 2.75) is 45.6 Å². The predicted molar refractivity (Wildman–Crippen MR) is 119 cm³/mol. The zero-order valence-corrected chi connectivity index (χ0v) is 17.4. The number of nitrogens with zero attached hydrogens (tertiary/aromatic N) is 2. The Morgan fingerprint density at radius 1 is 0.714 bits per heavy atom. The van der Waals surface area contributed by atoms with Crippen molar-refractivity contribution in [3.05, 3.63) is 101 Å². The van der Waals surface area contributed by atoms with Crippen LogP contribution >= 0.6 is 0 Å². The molecule has 0 atom stereocenters. The van der Waals surface area contributed by atoms with Gasteiger partial charge >= 0.3 is 0 Å². The van der Waals surface area contributed by atoms with Crippen LogP contribution in [-0.2, 0) is 24.8 Å². The Hall–Kier alpha value is -2.45. The van der Waals surface area contributed by atoms with E-state index in [1.54, 1.807) is 0 Å². The van der Waals surface area contributed by atoms with Crippen molar-refractivity contribution in [1.29, 1.82) is 0 Å². The van der Waals surface area contributed by atoms with Gasteiger partial charge in [0, 0.05) is 37.9 Å². The van der Waals surface area contributed by atoms with E-state index in [1.807, 2.05) is 12.3 Å². The highest BCUT2D eigenvalue weighted by molar-refractivity contribution is 5.27. The number of pyridine rings is 1. The number of hydrogen-bond donors (Lipinski definition) is 0. The van der Waals surface area contributed by atoms with E-state index >= 15 is 0 Å². The molecule has 2 nitrogen and oxygen atoms in total. The third-order valence-electron chi connectivity index (χ3n) is 5.20. The lowest BCUT2D eigenvalue weighted by molar-refractivity contribution is 0.271. The molecule has 28 heavy (non-hydrogen) atoms. The highest BCUT2D eigenvalue weighted by Crippen LogP contribution is 2.22. The van der Waals surface area contributed by atoms with Gasteiger partial charge in [-0.2, -0.15) is 0 Å². The Morgan fingerprint density at radius 3 is 2.04 bits per heavy atom. The minimum Gasteiger partial charge on any atom is -0.298 e. The summed E-state index contributed by atoms with van der Waals surface area (Å²) in [6.45, 7) is 9.84. The van der Waals surface area contributed by atoms with Crippen LogP contribution in [0.3, 0.4) is 0 Å². The van der Waals surface area contributed by atoms with E-state index in [-0.39, 0.29) is 5.41 Å². The van der Waals surface area contributed by atoms with Gasteiger partial charge in [-0.15, -0.1) is 0 Å². The van der Waals surface area contributed by atoms with Crippen LogP contribution in [0.15, 0.2) is 79.0 Å². The van der Waals surface area contributed by atoms with E-state index in [9.17, 15) is 0 Å². The molecular formula is C26H32N2. The van der Waals surface area contributed by atoms with E-state index in [4.69, 9.17) is 0 Å². The van der Waals surface area contributed by atoms with Crippen LogP contribution in [-0.4, -0.2) is 23.0 Å². The summed E-state index contributed by atoms with van der Waals surface area (Å²) in [6.07, 6.45) is 3.94. The average Bonchev–Trinajstić information content (AvgIpc) is 2.71. The minimum absolute atomic E-state index is 0.199. The summed E-state index contributed by atoms with van der Waals surface area (Å²) in [4.78, 5) is 7.04. The second-order valence-electron chi connectivity index (χ2n) is 8.53. The van der Waals surface area contributed by atoms with Gasteiger partial charge in [0.15, 0.2) is 0 Å². The third-order valence-corrected chi connectivity index (χ3v) is 5.20. The van der Waals surface area contributed by atoms with Gasteiger partial charge in [0.1, 0.15) is 0 Å². The molecule has 0 aliphatic rings. The zero-order chi connectivity index (χ0) is 19.8. The first-order chi connectivity index (χ1) is 13.5. The van der Waals surface area contributed by atoms with Gasteiger partial charge < -0.3 is 0 Å². The van der Waals surface area contributed by atoms with Gasteiger partial charge in [-0.3, -0.25) is 9.88 Å². The van der Waals surface area contributed by atoms with E-state index < -0.39 is 0 Å². The van der Waals surface area contributed by atoms with Crippen molar-refractivity contribution >= 4 is 0 Å². The lowest BCUT2D eigenvalue weighted by atomic mass is 9.87. The smallest absolute Gasteiger partial charge is 0.0416 e. The number of hydrogen-bond acceptors (Lipinski definition) is 2. The molecule has 2 heteroatoms. The van der Waals surface area contributed by atoms with Gasteiger partial charge in [0.2, 0.25) is 0 Å². The SMILES string of the molecule is CC(C)(C)c1ccc(CN(CCc2ccccc2)CCc2ccccn2)cc1. The molecular weight excluding hydrogens is 340 g/mol. The van der Waals surface area contributed by atoms with Gasteiger partial charge in [-0.1, -0.05) is 81.4 Å². The first kappa shape index (κ1) is 20.3. The molecule has 0 amide bonds. The molecule has 0 bridgehead atoms. The second kappa shape index (κ2) is 9.66. The standard InChI is InChI=1S/C26H32N2/c1-26(2,3)24-14-12-23(13-15-24)21-28(19-16-22-9-5-4-6-10-22)20-17-25-11-7-8-18-27-25/h4-15,18H,16-17,19-21H2,1-3H3. The van der Waals surface area contributed by atoms with Crippen LogP contribution in [0.25, 0.3) is 0 Å². The van der Waals surface area contributed by atoms with E-state index in [0.29, 0.717) is 0 Å². The normalized spacial score (nSPS) is 11.7. The fourth-order valence-electron chi connectivity index (χ4n) is 3.39. The molecule has 0 saturated carbocycles. The molecule has 0 aliphatic heterocycles. The van der Waals surface area contributed by atoms with Crippen molar-refractivity contribution in [3.8, 4) is 0 Å². The van der Waals surface area contributed by atoms with Crippen LogP contribution < -0.4 is 0 Å². The van der Waals surface area contributed by atoms with Crippen molar-refractivity contribution < 1.29 is 0 Å². The molecule has 0 saturated heterocycles. The molecule has 0 aliphatic carbocycles. The summed E-state index contributed by atoms with van der Waals surface area (Å²) in [5.74, 6) is 0. The van der Waals surface area contributed by atoms with Gasteiger partial charge in [-0.05, 0) is 40.7 Å². The minimum atomic E-state index is 0.199. The molecule has 0 spiro atoms. The predicted octanol–water partition coefficient (Wildman–Crippen LogP) is 5.67. The molecule has 1 aromatic heterocycles. The van der Waals surface area contributed by atoms with Crippen molar-refractivity contribution in [1.82, 2.24) is 9.88 Å². The zero-order valence-electron chi connectivity index (χ0n) is 17.4. The molecule has 0 radical (unpaired) electrons. The summed E-state index contributed by atoms with van der Waals surface area (Å²) >= 11 is 0. The molecule has 0 unspecified atom stereocenters. The number of benzene rings is 2. The molecule has 146 valence electrons. The van der Waals surface area contributed by atoms with Crippen molar-refractivity contribution in [2.24, 2.45) is 0 Å². The van der Waals surface area contributed by atoms with Gasteiger partial charge in [0.05, 0.1) is 0 Å². The van der Waals surface area contributed by atoms with Crippen LogP contribution in [0.4, 0.5) is 0 Å². The maximum absolute atomic E-state index is 4.49. The largest absolute Gasteiger partial charge is 0.298 e. The average molecular weight is 373 g/mol. The molecule has 2 aromatic carbocycles. The van der Waals surface area contributed by atoms with Gasteiger partial charge in [-0.25, -0.2) is 0 Å². The Balaban J connectivity index is 1.65. The second-order valence-corrected chi connectivity index (χ2v) is 8.53. The Kier molecular flexibility index (Phi) is 7.00. The lowest BCUT2D eigenvalue weighted by Crippen LogP contribution is -2.28. The maximum atomic E-state index is 4.49. The fraction of sp³-hybridized carbons (Fsp3) is 0.346. The molecule has 1 heterocycles. The number of rotatable bonds is 8. The Morgan fingerprint density at radius 2 is 1.39 bits per heavy atom. The van der Waals surface area contributed by atoms with Crippen LogP contribution in [0.5, 0.6) is 0 Å². The molecule has 3 rings (SSSR count). The Bertz CT molecular complexity index is 774. The molecule has 0 fully saturated rings. The fourth-order valence-corrected chi connectivity index (χ4v) is 3.39. The first-order valence-corrected chi connectivity index (χ1v) is 10.3. The van der Waals surface area contributed by atoms with Crippen LogP contribution in [0, 0.1) is 0 Å². The van der Waals surface area contributed by atoms with E-state index in [2.05, 4.69) is 97.4 Å². The first-order valence-electron chi connectivity index (χ1n) is 10.3. The van der Waals surface area contributed by atoms with Gasteiger partial charge in [0.25, 0.3) is 0 Å².